The minimum Gasteiger partial charge on any atom is -0.466 e. The van der Waals surface area contributed by atoms with E-state index in [-0.39, 0.29) is 5.92 Å². The van der Waals surface area contributed by atoms with E-state index in [0.29, 0.717) is 5.57 Å². The summed E-state index contributed by atoms with van der Waals surface area (Å²) in [6.07, 6.45) is 3.38. The maximum Gasteiger partial charge on any atom is 0.334 e. The smallest absolute Gasteiger partial charge is 0.334 e. The Morgan fingerprint density at radius 2 is 2.00 bits per heavy atom. The number of hydrogen-bond acceptors (Lipinski definition) is 4. The fraction of sp³-hybridized carbons (Fsp3) is 0.643. The minimum atomic E-state index is -1.46. The molecule has 2 atom stereocenters. The van der Waals surface area contributed by atoms with Gasteiger partial charge in [0.2, 0.25) is 0 Å². The molecule has 0 radical (unpaired) electrons. The molecule has 4 nitrogen and oxygen atoms in total. The van der Waals surface area contributed by atoms with Crippen molar-refractivity contribution >= 4 is 5.97 Å². The normalized spacial score (nSPS) is 30.4. The quantitative estimate of drug-likeness (QED) is 0.606. The Hall–Kier alpha value is -1.13. The summed E-state index contributed by atoms with van der Waals surface area (Å²) in [6, 6.07) is 0. The summed E-state index contributed by atoms with van der Waals surface area (Å²) in [7, 11) is 1.33. The summed E-state index contributed by atoms with van der Waals surface area (Å²) in [6.45, 7) is 9.12. The van der Waals surface area contributed by atoms with E-state index in [4.69, 9.17) is 9.47 Å². The van der Waals surface area contributed by atoms with Crippen LogP contribution < -0.4 is 0 Å². The molecule has 1 rings (SSSR count). The number of hydrogen-bond donors (Lipinski definition) is 1. The zero-order valence-corrected chi connectivity index (χ0v) is 11.9. The lowest BCUT2D eigenvalue weighted by molar-refractivity contribution is -0.234. The molecule has 102 valence electrons. The number of aliphatic hydroxyl groups is 1. The van der Waals surface area contributed by atoms with Crippen molar-refractivity contribution < 1.29 is 19.4 Å². The Balaban J connectivity index is 3.32. The number of rotatable bonds is 2. The third kappa shape index (κ3) is 3.21. The maximum atomic E-state index is 11.8. The Labute approximate surface area is 108 Å². The predicted molar refractivity (Wildman–Crippen MR) is 68.8 cm³/mol. The highest BCUT2D eigenvalue weighted by Crippen LogP contribution is 2.39. The average molecular weight is 254 g/mol. The molecule has 0 saturated heterocycles. The highest BCUT2D eigenvalue weighted by atomic mass is 16.6. The van der Waals surface area contributed by atoms with Crippen LogP contribution >= 0.6 is 0 Å². The third-order valence-electron chi connectivity index (χ3n) is 2.90. The van der Waals surface area contributed by atoms with Gasteiger partial charge in [-0.3, -0.25) is 0 Å². The van der Waals surface area contributed by atoms with Crippen molar-refractivity contribution in [2.24, 2.45) is 5.92 Å². The van der Waals surface area contributed by atoms with Gasteiger partial charge in [0.1, 0.15) is 0 Å². The molecule has 18 heavy (non-hydrogen) atoms. The number of methoxy groups -OCH3 is 1. The van der Waals surface area contributed by atoms with Crippen LogP contribution in [0.4, 0.5) is 0 Å². The van der Waals surface area contributed by atoms with Gasteiger partial charge in [-0.15, -0.1) is 0 Å². The fourth-order valence-corrected chi connectivity index (χ4v) is 2.31. The van der Waals surface area contributed by atoms with E-state index in [2.05, 4.69) is 0 Å². The van der Waals surface area contributed by atoms with E-state index >= 15 is 0 Å². The highest BCUT2D eigenvalue weighted by molar-refractivity contribution is 5.90. The summed E-state index contributed by atoms with van der Waals surface area (Å²) in [5.41, 5.74) is 0.826. The molecule has 0 aromatic rings. The maximum absolute atomic E-state index is 11.8. The fourth-order valence-electron chi connectivity index (χ4n) is 2.31. The van der Waals surface area contributed by atoms with Crippen LogP contribution in [-0.4, -0.2) is 29.6 Å². The van der Waals surface area contributed by atoms with Gasteiger partial charge >= 0.3 is 5.97 Å². The first kappa shape index (κ1) is 14.9. The molecule has 0 amide bonds. The second-order valence-corrected chi connectivity index (χ2v) is 5.57. The largest absolute Gasteiger partial charge is 0.466 e. The molecule has 1 aliphatic rings. The molecule has 0 fully saturated rings. The van der Waals surface area contributed by atoms with Crippen LogP contribution in [0.1, 0.15) is 34.6 Å². The van der Waals surface area contributed by atoms with Gasteiger partial charge in [-0.2, -0.15) is 0 Å². The second kappa shape index (κ2) is 4.86. The monoisotopic (exact) mass is 254 g/mol. The Morgan fingerprint density at radius 1 is 1.44 bits per heavy atom. The second-order valence-electron chi connectivity index (χ2n) is 5.57. The molecule has 0 aromatic carbocycles. The van der Waals surface area contributed by atoms with Gasteiger partial charge in [0, 0.05) is 11.5 Å². The number of allylic oxidation sites excluding steroid dienone is 1. The Morgan fingerprint density at radius 3 is 2.44 bits per heavy atom. The summed E-state index contributed by atoms with van der Waals surface area (Å²) in [5.74, 6) is -2.14. The number of carbonyl (C=O) groups is 1. The SMILES string of the molecule is COC(=O)C1=CC(C)(O)OC(C)(C)C1C=C(C)C. The molecule has 0 aliphatic carbocycles. The van der Waals surface area contributed by atoms with Gasteiger partial charge < -0.3 is 14.6 Å². The molecule has 0 spiro atoms. The van der Waals surface area contributed by atoms with Crippen molar-refractivity contribution in [3.8, 4) is 0 Å². The molecule has 2 unspecified atom stereocenters. The molecule has 0 saturated carbocycles. The zero-order chi connectivity index (χ0) is 14.1. The van der Waals surface area contributed by atoms with Crippen molar-refractivity contribution in [1.82, 2.24) is 0 Å². The summed E-state index contributed by atoms with van der Waals surface area (Å²) >= 11 is 0. The van der Waals surface area contributed by atoms with Crippen molar-refractivity contribution in [3.05, 3.63) is 23.3 Å². The van der Waals surface area contributed by atoms with Gasteiger partial charge in [-0.1, -0.05) is 11.6 Å². The minimum absolute atomic E-state index is 0.241. The topological polar surface area (TPSA) is 55.8 Å². The first-order chi connectivity index (χ1) is 8.09. The third-order valence-corrected chi connectivity index (χ3v) is 2.90. The van der Waals surface area contributed by atoms with Crippen LogP contribution in [0.15, 0.2) is 23.3 Å². The molecule has 1 N–H and O–H groups in total. The average Bonchev–Trinajstić information content (AvgIpc) is 2.18. The van der Waals surface area contributed by atoms with Crippen LogP contribution in [0.5, 0.6) is 0 Å². The van der Waals surface area contributed by atoms with Gasteiger partial charge in [-0.25, -0.2) is 4.79 Å². The van der Waals surface area contributed by atoms with Crippen molar-refractivity contribution in [3.63, 3.8) is 0 Å². The van der Waals surface area contributed by atoms with Gasteiger partial charge in [-0.05, 0) is 40.7 Å². The first-order valence-corrected chi connectivity index (χ1v) is 5.98. The van der Waals surface area contributed by atoms with Gasteiger partial charge in [0.15, 0.2) is 5.79 Å². The van der Waals surface area contributed by atoms with E-state index in [1.54, 1.807) is 0 Å². The molecule has 4 heteroatoms. The summed E-state index contributed by atoms with van der Waals surface area (Å²) < 4.78 is 10.4. The molecule has 0 aromatic heterocycles. The van der Waals surface area contributed by atoms with E-state index < -0.39 is 17.4 Å². The summed E-state index contributed by atoms with van der Waals surface area (Å²) in [4.78, 5) is 11.8. The first-order valence-electron chi connectivity index (χ1n) is 5.98. The molecule has 1 aliphatic heterocycles. The highest BCUT2D eigenvalue weighted by Gasteiger charge is 2.44. The van der Waals surface area contributed by atoms with E-state index in [1.165, 1.54) is 20.1 Å². The molecule has 1 heterocycles. The van der Waals surface area contributed by atoms with Gasteiger partial charge in [0.05, 0.1) is 12.7 Å². The van der Waals surface area contributed by atoms with E-state index in [1.807, 2.05) is 33.8 Å². The lowest BCUT2D eigenvalue weighted by Gasteiger charge is -2.43. The number of carbonyl (C=O) groups excluding carboxylic acids is 1. The van der Waals surface area contributed by atoms with Crippen LogP contribution in [0.3, 0.4) is 0 Å². The number of esters is 1. The summed E-state index contributed by atoms with van der Waals surface area (Å²) in [5, 5.41) is 10.0. The lowest BCUT2D eigenvalue weighted by atomic mass is 9.79. The predicted octanol–water partition coefficient (Wildman–Crippen LogP) is 2.19. The van der Waals surface area contributed by atoms with E-state index in [0.717, 1.165) is 5.57 Å². The Bertz CT molecular complexity index is 398. The molecular weight excluding hydrogens is 232 g/mol. The van der Waals surface area contributed by atoms with Crippen LogP contribution in [0.2, 0.25) is 0 Å². The Kier molecular flexibility index (Phi) is 4.03. The van der Waals surface area contributed by atoms with E-state index in [9.17, 15) is 9.90 Å². The molecular formula is C14H22O4. The van der Waals surface area contributed by atoms with Gasteiger partial charge in [0.25, 0.3) is 0 Å². The van der Waals surface area contributed by atoms with Crippen molar-refractivity contribution in [1.29, 1.82) is 0 Å². The number of ether oxygens (including phenoxy) is 2. The van der Waals surface area contributed by atoms with Crippen molar-refractivity contribution in [2.75, 3.05) is 7.11 Å². The molecule has 0 bridgehead atoms. The van der Waals surface area contributed by atoms with Crippen molar-refractivity contribution in [2.45, 2.75) is 46.0 Å². The standard InChI is InChI=1S/C14H22O4/c1-9(2)7-11-10(12(15)17-6)8-14(5,16)18-13(11,3)4/h7-8,11,16H,1-6H3. The lowest BCUT2D eigenvalue weighted by Crippen LogP contribution is -2.48. The zero-order valence-electron chi connectivity index (χ0n) is 11.9. The van der Waals surface area contributed by atoms with Crippen LogP contribution in [0, 0.1) is 5.92 Å². The van der Waals surface area contributed by atoms with Crippen LogP contribution in [0.25, 0.3) is 0 Å². The van der Waals surface area contributed by atoms with Crippen LogP contribution in [-0.2, 0) is 14.3 Å².